The quantitative estimate of drug-likeness (QED) is 0.806. The number of hydrogen-bond donors (Lipinski definition) is 0. The fraction of sp³-hybridized carbons (Fsp3) is 0.143. The molecule has 0 saturated carbocycles. The van der Waals surface area contributed by atoms with E-state index in [1.54, 1.807) is 18.2 Å². The van der Waals surface area contributed by atoms with E-state index in [0.29, 0.717) is 17.2 Å². The predicted octanol–water partition coefficient (Wildman–Crippen LogP) is 2.94. The second-order valence-electron chi connectivity index (χ2n) is 4.18. The highest BCUT2D eigenvalue weighted by molar-refractivity contribution is 5.96. The Bertz CT molecular complexity index is 687. The van der Waals surface area contributed by atoms with E-state index in [2.05, 4.69) is 4.98 Å². The number of aromatic nitrogens is 1. The molecule has 0 bridgehead atoms. The SMILES string of the molecule is CC(=O)c1cc(F)cnc1Oc1ccc2c(c1)OCO2. The molecule has 2 aromatic rings. The molecule has 0 N–H and O–H groups in total. The minimum Gasteiger partial charge on any atom is -0.454 e. The van der Waals surface area contributed by atoms with Crippen molar-refractivity contribution in [2.45, 2.75) is 6.92 Å². The summed E-state index contributed by atoms with van der Waals surface area (Å²) in [4.78, 5) is 15.3. The summed E-state index contributed by atoms with van der Waals surface area (Å²) in [5.41, 5.74) is 0.0858. The first-order chi connectivity index (χ1) is 9.63. The molecule has 1 aliphatic heterocycles. The van der Waals surface area contributed by atoms with Crippen molar-refractivity contribution in [3.8, 4) is 23.1 Å². The molecule has 20 heavy (non-hydrogen) atoms. The molecule has 0 fully saturated rings. The van der Waals surface area contributed by atoms with Crippen LogP contribution in [-0.2, 0) is 0 Å². The lowest BCUT2D eigenvalue weighted by atomic mass is 10.2. The van der Waals surface area contributed by atoms with Gasteiger partial charge in [0, 0.05) is 6.07 Å². The molecule has 5 nitrogen and oxygen atoms in total. The molecule has 0 aliphatic carbocycles. The number of nitrogens with zero attached hydrogens (tertiary/aromatic N) is 1. The first kappa shape index (κ1) is 12.4. The molecule has 0 atom stereocenters. The van der Waals surface area contributed by atoms with Crippen LogP contribution in [0.2, 0.25) is 0 Å². The molecule has 1 aliphatic rings. The van der Waals surface area contributed by atoms with Crippen LogP contribution in [0.4, 0.5) is 4.39 Å². The number of carbonyl (C=O) groups excluding carboxylic acids is 1. The van der Waals surface area contributed by atoms with Crippen LogP contribution in [0.25, 0.3) is 0 Å². The highest BCUT2D eigenvalue weighted by atomic mass is 19.1. The summed E-state index contributed by atoms with van der Waals surface area (Å²) in [5, 5.41) is 0. The molecule has 0 saturated heterocycles. The first-order valence-corrected chi connectivity index (χ1v) is 5.87. The van der Waals surface area contributed by atoms with E-state index in [4.69, 9.17) is 14.2 Å². The van der Waals surface area contributed by atoms with Crippen LogP contribution in [0.5, 0.6) is 23.1 Å². The molecule has 1 aromatic carbocycles. The van der Waals surface area contributed by atoms with Crippen LogP contribution in [0.3, 0.4) is 0 Å². The van der Waals surface area contributed by atoms with Gasteiger partial charge in [-0.25, -0.2) is 9.37 Å². The number of ketones is 1. The zero-order valence-electron chi connectivity index (χ0n) is 10.6. The van der Waals surface area contributed by atoms with E-state index in [-0.39, 0.29) is 24.0 Å². The van der Waals surface area contributed by atoms with Gasteiger partial charge in [-0.05, 0) is 25.1 Å². The van der Waals surface area contributed by atoms with Gasteiger partial charge in [0.05, 0.1) is 11.8 Å². The molecular formula is C14H10FNO4. The van der Waals surface area contributed by atoms with Gasteiger partial charge >= 0.3 is 0 Å². The van der Waals surface area contributed by atoms with Crippen molar-refractivity contribution in [2.24, 2.45) is 0 Å². The van der Waals surface area contributed by atoms with Crippen LogP contribution in [0, 0.1) is 5.82 Å². The van der Waals surface area contributed by atoms with Gasteiger partial charge in [0.15, 0.2) is 17.3 Å². The third-order valence-corrected chi connectivity index (χ3v) is 2.76. The minimum absolute atomic E-state index is 0.0535. The normalized spacial score (nSPS) is 12.3. The maximum atomic E-state index is 13.1. The number of benzene rings is 1. The van der Waals surface area contributed by atoms with Gasteiger partial charge < -0.3 is 14.2 Å². The van der Waals surface area contributed by atoms with Crippen molar-refractivity contribution >= 4 is 5.78 Å². The van der Waals surface area contributed by atoms with E-state index in [1.165, 1.54) is 6.92 Å². The fourth-order valence-electron chi connectivity index (χ4n) is 1.81. The van der Waals surface area contributed by atoms with Gasteiger partial charge in [-0.3, -0.25) is 4.79 Å². The fourth-order valence-corrected chi connectivity index (χ4v) is 1.81. The second kappa shape index (κ2) is 4.80. The highest BCUT2D eigenvalue weighted by Crippen LogP contribution is 2.36. The van der Waals surface area contributed by atoms with Crippen molar-refractivity contribution in [1.29, 1.82) is 0 Å². The third-order valence-electron chi connectivity index (χ3n) is 2.76. The smallest absolute Gasteiger partial charge is 0.231 e. The Hall–Kier alpha value is -2.63. The zero-order valence-corrected chi connectivity index (χ0v) is 10.6. The Balaban J connectivity index is 1.93. The summed E-state index contributed by atoms with van der Waals surface area (Å²) in [7, 11) is 0. The van der Waals surface area contributed by atoms with Gasteiger partial charge in [-0.2, -0.15) is 0 Å². The maximum absolute atomic E-state index is 13.1. The standard InChI is InChI=1S/C14H10FNO4/c1-8(17)11-4-9(15)6-16-14(11)20-10-2-3-12-13(5-10)19-7-18-12/h2-6H,7H2,1H3. The lowest BCUT2D eigenvalue weighted by Crippen LogP contribution is -2.00. The molecule has 3 rings (SSSR count). The Morgan fingerprint density at radius 3 is 2.90 bits per heavy atom. The number of carbonyl (C=O) groups is 1. The number of hydrogen-bond acceptors (Lipinski definition) is 5. The number of ether oxygens (including phenoxy) is 3. The van der Waals surface area contributed by atoms with Crippen molar-refractivity contribution in [2.75, 3.05) is 6.79 Å². The van der Waals surface area contributed by atoms with Crippen LogP contribution >= 0.6 is 0 Å². The van der Waals surface area contributed by atoms with Crippen molar-refractivity contribution in [3.05, 3.63) is 41.8 Å². The summed E-state index contributed by atoms with van der Waals surface area (Å²) in [6, 6.07) is 6.06. The Labute approximate surface area is 113 Å². The minimum atomic E-state index is -0.590. The Morgan fingerprint density at radius 1 is 1.30 bits per heavy atom. The Kier molecular flexibility index (Phi) is 2.98. The summed E-state index contributed by atoms with van der Waals surface area (Å²) < 4.78 is 29.0. The summed E-state index contributed by atoms with van der Waals surface area (Å²) in [6.07, 6.45) is 0.995. The molecule has 0 radical (unpaired) electrons. The number of pyridine rings is 1. The van der Waals surface area contributed by atoms with Crippen molar-refractivity contribution in [3.63, 3.8) is 0 Å². The number of fused-ring (bicyclic) bond motifs is 1. The molecule has 2 heterocycles. The van der Waals surface area contributed by atoms with E-state index in [1.807, 2.05) is 0 Å². The van der Waals surface area contributed by atoms with Gasteiger partial charge in [0.25, 0.3) is 0 Å². The molecule has 0 amide bonds. The van der Waals surface area contributed by atoms with Crippen molar-refractivity contribution < 1.29 is 23.4 Å². The van der Waals surface area contributed by atoms with E-state index in [0.717, 1.165) is 12.3 Å². The molecule has 6 heteroatoms. The van der Waals surface area contributed by atoms with Gasteiger partial charge in [0.2, 0.25) is 12.7 Å². The summed E-state index contributed by atoms with van der Waals surface area (Å²) in [5.74, 6) is 0.736. The van der Waals surface area contributed by atoms with Crippen LogP contribution < -0.4 is 14.2 Å². The maximum Gasteiger partial charge on any atom is 0.231 e. The Morgan fingerprint density at radius 2 is 2.10 bits per heavy atom. The number of halogens is 1. The predicted molar refractivity (Wildman–Crippen MR) is 66.8 cm³/mol. The molecule has 0 unspecified atom stereocenters. The summed E-state index contributed by atoms with van der Waals surface area (Å²) >= 11 is 0. The van der Waals surface area contributed by atoms with Crippen LogP contribution in [-0.4, -0.2) is 17.6 Å². The first-order valence-electron chi connectivity index (χ1n) is 5.87. The molecule has 0 spiro atoms. The summed E-state index contributed by atoms with van der Waals surface area (Å²) in [6.45, 7) is 1.48. The average Bonchev–Trinajstić information content (AvgIpc) is 2.88. The van der Waals surface area contributed by atoms with E-state index in [9.17, 15) is 9.18 Å². The van der Waals surface area contributed by atoms with Gasteiger partial charge in [-0.1, -0.05) is 0 Å². The van der Waals surface area contributed by atoms with Crippen LogP contribution in [0.1, 0.15) is 17.3 Å². The highest BCUT2D eigenvalue weighted by Gasteiger charge is 2.16. The van der Waals surface area contributed by atoms with Crippen molar-refractivity contribution in [1.82, 2.24) is 4.98 Å². The average molecular weight is 275 g/mol. The monoisotopic (exact) mass is 275 g/mol. The van der Waals surface area contributed by atoms with E-state index >= 15 is 0 Å². The number of Topliss-reactive ketones (excluding diaryl/α,β-unsaturated/α-hetero) is 1. The lowest BCUT2D eigenvalue weighted by Gasteiger charge is -2.08. The number of rotatable bonds is 3. The molecule has 102 valence electrons. The largest absolute Gasteiger partial charge is 0.454 e. The van der Waals surface area contributed by atoms with Gasteiger partial charge in [-0.15, -0.1) is 0 Å². The zero-order chi connectivity index (χ0) is 14.1. The molecule has 1 aromatic heterocycles. The van der Waals surface area contributed by atoms with Gasteiger partial charge in [0.1, 0.15) is 11.6 Å². The second-order valence-corrected chi connectivity index (χ2v) is 4.18. The third kappa shape index (κ3) is 2.27. The lowest BCUT2D eigenvalue weighted by molar-refractivity contribution is 0.101. The van der Waals surface area contributed by atoms with E-state index < -0.39 is 5.82 Å². The van der Waals surface area contributed by atoms with Crippen LogP contribution in [0.15, 0.2) is 30.5 Å². The molecular weight excluding hydrogens is 265 g/mol. The topological polar surface area (TPSA) is 57.7 Å².